The van der Waals surface area contributed by atoms with Crippen molar-refractivity contribution in [1.82, 2.24) is 9.97 Å². The molecule has 1 aromatic rings. The lowest BCUT2D eigenvalue weighted by molar-refractivity contribution is 0.0777. The van der Waals surface area contributed by atoms with Crippen LogP contribution in [0.3, 0.4) is 0 Å². The van der Waals surface area contributed by atoms with Crippen LogP contribution in [0.4, 0.5) is 5.82 Å². The van der Waals surface area contributed by atoms with Crippen LogP contribution in [0.15, 0.2) is 16.0 Å². The Morgan fingerprint density at radius 1 is 1.67 bits per heavy atom. The number of H-pyrrole nitrogens is 1. The summed E-state index contributed by atoms with van der Waals surface area (Å²) in [5, 5.41) is 9.96. The fourth-order valence-corrected chi connectivity index (χ4v) is 2.06. The van der Waals surface area contributed by atoms with Gasteiger partial charge in [0.15, 0.2) is 5.16 Å². The van der Waals surface area contributed by atoms with Gasteiger partial charge in [-0.1, -0.05) is 11.8 Å². The number of aliphatic hydroxyl groups is 1. The first-order chi connectivity index (χ1) is 6.87. The van der Waals surface area contributed by atoms with Gasteiger partial charge in [0.2, 0.25) is 0 Å². The van der Waals surface area contributed by atoms with Crippen molar-refractivity contribution in [3.05, 3.63) is 16.4 Å². The number of hydrogen-bond acceptors (Lipinski definition) is 5. The lowest BCUT2D eigenvalue weighted by Crippen LogP contribution is -2.19. The van der Waals surface area contributed by atoms with Crippen LogP contribution in [-0.4, -0.2) is 26.4 Å². The minimum absolute atomic E-state index is 0.213. The largest absolute Gasteiger partial charge is 0.390 e. The maximum atomic E-state index is 11.0. The molecule has 6 heteroatoms. The minimum atomic E-state index is -0.701. The molecule has 0 amide bonds. The molecule has 0 fully saturated rings. The molecule has 1 heterocycles. The van der Waals surface area contributed by atoms with Crippen molar-refractivity contribution in [1.29, 1.82) is 0 Å². The summed E-state index contributed by atoms with van der Waals surface area (Å²) in [6.07, 6.45) is 0.621. The van der Waals surface area contributed by atoms with Crippen molar-refractivity contribution in [2.45, 2.75) is 31.0 Å². The smallest absolute Gasteiger partial charge is 0.253 e. The fraction of sp³-hybridized carbons (Fsp3) is 0.556. The Morgan fingerprint density at radius 3 is 2.87 bits per heavy atom. The SMILES string of the molecule is CC(C)(O)CCSc1nc(N)cc(=O)[nH]1. The number of thioether (sulfide) groups is 1. The summed E-state index contributed by atoms with van der Waals surface area (Å²) >= 11 is 1.37. The molecule has 0 aromatic carbocycles. The molecule has 5 nitrogen and oxygen atoms in total. The van der Waals surface area contributed by atoms with Crippen LogP contribution >= 0.6 is 11.8 Å². The summed E-state index contributed by atoms with van der Waals surface area (Å²) in [6, 6.07) is 1.24. The molecule has 84 valence electrons. The molecule has 15 heavy (non-hydrogen) atoms. The molecule has 0 spiro atoms. The molecule has 1 aromatic heterocycles. The molecule has 0 aliphatic rings. The number of aromatic amines is 1. The summed E-state index contributed by atoms with van der Waals surface area (Å²) in [5.41, 5.74) is 4.47. The van der Waals surface area contributed by atoms with Crippen molar-refractivity contribution >= 4 is 17.6 Å². The van der Waals surface area contributed by atoms with Gasteiger partial charge in [0.1, 0.15) is 5.82 Å². The lowest BCUT2D eigenvalue weighted by Gasteiger charge is -2.15. The molecule has 0 saturated carbocycles. The summed E-state index contributed by atoms with van der Waals surface area (Å²) in [5.74, 6) is 0.889. The second kappa shape index (κ2) is 4.67. The highest BCUT2D eigenvalue weighted by Gasteiger charge is 2.12. The number of nitrogens with two attached hydrogens (primary N) is 1. The zero-order chi connectivity index (χ0) is 11.5. The maximum Gasteiger partial charge on any atom is 0.253 e. The summed E-state index contributed by atoms with van der Waals surface area (Å²) in [4.78, 5) is 17.6. The number of nitrogens with zero attached hydrogens (tertiary/aromatic N) is 1. The van der Waals surface area contributed by atoms with Gasteiger partial charge in [-0.05, 0) is 20.3 Å². The van der Waals surface area contributed by atoms with E-state index in [2.05, 4.69) is 9.97 Å². The number of anilines is 1. The number of aromatic nitrogens is 2. The Bertz CT molecular complexity index is 384. The van der Waals surface area contributed by atoms with Crippen LogP contribution in [0.2, 0.25) is 0 Å². The molecule has 0 saturated heterocycles. The average Bonchev–Trinajstić information content (AvgIpc) is 1.99. The highest BCUT2D eigenvalue weighted by Crippen LogP contribution is 2.17. The van der Waals surface area contributed by atoms with Crippen LogP contribution in [0.5, 0.6) is 0 Å². The Hall–Kier alpha value is -1.01. The van der Waals surface area contributed by atoms with E-state index in [9.17, 15) is 9.90 Å². The molecule has 4 N–H and O–H groups in total. The average molecular weight is 229 g/mol. The minimum Gasteiger partial charge on any atom is -0.390 e. The number of hydrogen-bond donors (Lipinski definition) is 3. The van der Waals surface area contributed by atoms with Gasteiger partial charge in [-0.15, -0.1) is 0 Å². The Labute approximate surface area is 92.1 Å². The van der Waals surface area contributed by atoms with Crippen LogP contribution in [0.25, 0.3) is 0 Å². The monoisotopic (exact) mass is 229 g/mol. The van der Waals surface area contributed by atoms with Crippen molar-refractivity contribution in [2.24, 2.45) is 0 Å². The van der Waals surface area contributed by atoms with E-state index >= 15 is 0 Å². The molecule has 0 radical (unpaired) electrons. The van der Waals surface area contributed by atoms with Crippen LogP contribution in [0.1, 0.15) is 20.3 Å². The van der Waals surface area contributed by atoms with Crippen LogP contribution in [0, 0.1) is 0 Å². The topological polar surface area (TPSA) is 92.0 Å². The van der Waals surface area contributed by atoms with E-state index in [4.69, 9.17) is 5.73 Å². The third-order valence-electron chi connectivity index (χ3n) is 1.69. The first-order valence-electron chi connectivity index (χ1n) is 4.59. The van der Waals surface area contributed by atoms with Gasteiger partial charge in [0.05, 0.1) is 5.60 Å². The standard InChI is InChI=1S/C9H15N3O2S/c1-9(2,14)3-4-15-8-11-6(10)5-7(13)12-8/h5,14H,3-4H2,1-2H3,(H3,10,11,12,13). The molecule has 0 aliphatic heterocycles. The Kier molecular flexibility index (Phi) is 3.76. The van der Waals surface area contributed by atoms with Crippen molar-refractivity contribution in [3.8, 4) is 0 Å². The third-order valence-corrected chi connectivity index (χ3v) is 2.57. The van der Waals surface area contributed by atoms with Gasteiger partial charge >= 0.3 is 0 Å². The third kappa shape index (κ3) is 4.85. The van der Waals surface area contributed by atoms with E-state index in [0.29, 0.717) is 17.3 Å². The van der Waals surface area contributed by atoms with E-state index in [1.807, 2.05) is 0 Å². The number of nitrogen functional groups attached to an aromatic ring is 1. The Balaban J connectivity index is 2.55. The fourth-order valence-electron chi connectivity index (χ4n) is 0.919. The molecule has 0 aliphatic carbocycles. The summed E-state index contributed by atoms with van der Waals surface area (Å²) < 4.78 is 0. The number of rotatable bonds is 4. The predicted octanol–water partition coefficient (Wildman–Crippen LogP) is 0.605. The molecule has 0 unspecified atom stereocenters. The van der Waals surface area contributed by atoms with E-state index in [-0.39, 0.29) is 11.4 Å². The quantitative estimate of drug-likeness (QED) is 0.519. The van der Waals surface area contributed by atoms with Crippen LogP contribution < -0.4 is 11.3 Å². The highest BCUT2D eigenvalue weighted by molar-refractivity contribution is 7.99. The second-order valence-corrected chi connectivity index (χ2v) is 4.97. The van der Waals surface area contributed by atoms with E-state index in [1.165, 1.54) is 17.8 Å². The first-order valence-corrected chi connectivity index (χ1v) is 5.57. The lowest BCUT2D eigenvalue weighted by atomic mass is 10.1. The maximum absolute atomic E-state index is 11.0. The van der Waals surface area contributed by atoms with E-state index < -0.39 is 5.60 Å². The van der Waals surface area contributed by atoms with E-state index in [0.717, 1.165) is 0 Å². The summed E-state index contributed by atoms with van der Waals surface area (Å²) in [7, 11) is 0. The first kappa shape index (κ1) is 12.1. The van der Waals surface area contributed by atoms with Crippen molar-refractivity contribution < 1.29 is 5.11 Å². The van der Waals surface area contributed by atoms with Gasteiger partial charge in [-0.3, -0.25) is 4.79 Å². The molecular weight excluding hydrogens is 214 g/mol. The highest BCUT2D eigenvalue weighted by atomic mass is 32.2. The second-order valence-electron chi connectivity index (χ2n) is 3.89. The van der Waals surface area contributed by atoms with Gasteiger partial charge in [-0.2, -0.15) is 0 Å². The predicted molar refractivity (Wildman–Crippen MR) is 60.9 cm³/mol. The van der Waals surface area contributed by atoms with Crippen LogP contribution in [-0.2, 0) is 0 Å². The van der Waals surface area contributed by atoms with E-state index in [1.54, 1.807) is 13.8 Å². The van der Waals surface area contributed by atoms with Gasteiger partial charge in [0, 0.05) is 11.8 Å². The zero-order valence-corrected chi connectivity index (χ0v) is 9.60. The zero-order valence-electron chi connectivity index (χ0n) is 8.78. The van der Waals surface area contributed by atoms with Crippen molar-refractivity contribution in [3.63, 3.8) is 0 Å². The molecule has 1 rings (SSSR count). The van der Waals surface area contributed by atoms with Crippen molar-refractivity contribution in [2.75, 3.05) is 11.5 Å². The van der Waals surface area contributed by atoms with Gasteiger partial charge < -0.3 is 15.8 Å². The Morgan fingerprint density at radius 2 is 2.33 bits per heavy atom. The van der Waals surface area contributed by atoms with Gasteiger partial charge in [-0.25, -0.2) is 4.98 Å². The molecule has 0 atom stereocenters. The van der Waals surface area contributed by atoms with Gasteiger partial charge in [0.25, 0.3) is 5.56 Å². The number of nitrogens with one attached hydrogen (secondary N) is 1. The molecule has 0 bridgehead atoms. The molecular formula is C9H15N3O2S. The normalized spacial score (nSPS) is 11.7. The summed E-state index contributed by atoms with van der Waals surface area (Å²) in [6.45, 7) is 3.48.